The molecule has 3 heterocycles. The predicted molar refractivity (Wildman–Crippen MR) is 129 cm³/mol. The first kappa shape index (κ1) is 23.2. The van der Waals surface area contributed by atoms with Crippen LogP contribution in [0.2, 0.25) is 0 Å². The highest BCUT2D eigenvalue weighted by atomic mass is 79.9. The summed E-state index contributed by atoms with van der Waals surface area (Å²) in [6, 6.07) is 5.71. The molecule has 176 valence electrons. The Morgan fingerprint density at radius 2 is 1.94 bits per heavy atom. The molecule has 1 aromatic carbocycles. The largest absolute Gasteiger partial charge is 0.496 e. The molecule has 0 aliphatic carbocycles. The number of halogens is 1. The Bertz CT molecular complexity index is 1170. The lowest BCUT2D eigenvalue weighted by Crippen LogP contribution is -2.40. The van der Waals surface area contributed by atoms with E-state index in [4.69, 9.17) is 24.2 Å². The third-order valence-corrected chi connectivity index (χ3v) is 5.91. The summed E-state index contributed by atoms with van der Waals surface area (Å²) >= 11 is 3.53. The van der Waals surface area contributed by atoms with Crippen molar-refractivity contribution in [2.45, 2.75) is 38.8 Å². The molecule has 33 heavy (non-hydrogen) atoms. The number of alkyl carbamates (subject to hydrolysis) is 1. The molecule has 4 rings (SSSR count). The van der Waals surface area contributed by atoms with E-state index in [2.05, 4.69) is 26.1 Å². The number of hydrogen-bond donors (Lipinski definition) is 1. The summed E-state index contributed by atoms with van der Waals surface area (Å²) in [5.41, 5.74) is 1.06. The Morgan fingerprint density at radius 3 is 2.64 bits per heavy atom. The first-order valence-corrected chi connectivity index (χ1v) is 11.5. The molecule has 1 fully saturated rings. The number of nitrogens with zero attached hydrogens (tertiary/aromatic N) is 4. The zero-order chi connectivity index (χ0) is 23.8. The fourth-order valence-corrected chi connectivity index (χ4v) is 4.29. The Hall–Kier alpha value is -3.01. The molecular formula is C23H28BrN5O4. The van der Waals surface area contributed by atoms with Gasteiger partial charge in [0.1, 0.15) is 22.9 Å². The summed E-state index contributed by atoms with van der Waals surface area (Å²) in [6.07, 6.45) is 4.28. The molecule has 1 unspecified atom stereocenters. The fraction of sp³-hybridized carbons (Fsp3) is 0.435. The van der Waals surface area contributed by atoms with Gasteiger partial charge in [-0.3, -0.25) is 4.40 Å². The Kier molecular flexibility index (Phi) is 6.38. The van der Waals surface area contributed by atoms with Gasteiger partial charge in [0.15, 0.2) is 0 Å². The van der Waals surface area contributed by atoms with Crippen LogP contribution in [0.15, 0.2) is 35.1 Å². The van der Waals surface area contributed by atoms with Crippen molar-refractivity contribution in [3.63, 3.8) is 0 Å². The molecule has 1 atom stereocenters. The van der Waals surface area contributed by atoms with Crippen molar-refractivity contribution < 1.29 is 19.0 Å². The van der Waals surface area contributed by atoms with E-state index in [1.807, 2.05) is 55.8 Å². The third-order valence-electron chi connectivity index (χ3n) is 5.29. The number of anilines is 1. The average molecular weight is 518 g/mol. The summed E-state index contributed by atoms with van der Waals surface area (Å²) in [4.78, 5) is 23.7. The van der Waals surface area contributed by atoms with Crippen molar-refractivity contribution in [2.75, 3.05) is 32.2 Å². The van der Waals surface area contributed by atoms with Gasteiger partial charge in [0.05, 0.1) is 30.4 Å². The van der Waals surface area contributed by atoms with Crippen molar-refractivity contribution >= 4 is 33.6 Å². The van der Waals surface area contributed by atoms with Crippen LogP contribution in [0.4, 0.5) is 10.6 Å². The van der Waals surface area contributed by atoms with Crippen molar-refractivity contribution in [1.82, 2.24) is 19.7 Å². The number of rotatable bonds is 5. The third kappa shape index (κ3) is 5.16. The van der Waals surface area contributed by atoms with Gasteiger partial charge in [-0.1, -0.05) is 0 Å². The minimum absolute atomic E-state index is 0.00842. The highest BCUT2D eigenvalue weighted by Gasteiger charge is 2.27. The Morgan fingerprint density at radius 1 is 1.18 bits per heavy atom. The number of aromatic nitrogens is 3. The van der Waals surface area contributed by atoms with E-state index < -0.39 is 11.7 Å². The quantitative estimate of drug-likeness (QED) is 0.539. The second-order valence-electron chi connectivity index (χ2n) is 8.88. The van der Waals surface area contributed by atoms with E-state index >= 15 is 0 Å². The van der Waals surface area contributed by atoms with E-state index in [0.717, 1.165) is 34.5 Å². The van der Waals surface area contributed by atoms with Gasteiger partial charge in [-0.15, -0.1) is 0 Å². The molecular weight excluding hydrogens is 490 g/mol. The van der Waals surface area contributed by atoms with Crippen LogP contribution in [0.5, 0.6) is 11.5 Å². The van der Waals surface area contributed by atoms with Crippen molar-refractivity contribution in [3.05, 3.63) is 35.1 Å². The van der Waals surface area contributed by atoms with Gasteiger partial charge in [0.25, 0.3) is 0 Å². The van der Waals surface area contributed by atoms with Gasteiger partial charge in [-0.25, -0.2) is 9.78 Å². The predicted octanol–water partition coefficient (Wildman–Crippen LogP) is 4.28. The van der Waals surface area contributed by atoms with E-state index in [1.165, 1.54) is 0 Å². The zero-order valence-corrected chi connectivity index (χ0v) is 21.0. The highest BCUT2D eigenvalue weighted by Crippen LogP contribution is 2.38. The van der Waals surface area contributed by atoms with Gasteiger partial charge in [0, 0.05) is 37.1 Å². The maximum atomic E-state index is 12.1. The standard InChI is InChI=1S/C23H28BrN5O4/c1-23(2,3)33-22(30)25-14-6-8-28(12-14)20-7-9-29-13-17(26-21(29)27-20)15-10-16(24)19(32-5)11-18(15)31-4/h7,9-11,13-14H,6,8,12H2,1-5H3,(H,25,30). The molecule has 3 aromatic rings. The second kappa shape index (κ2) is 9.09. The second-order valence-corrected chi connectivity index (χ2v) is 9.74. The van der Waals surface area contributed by atoms with E-state index in [1.54, 1.807) is 14.2 Å². The van der Waals surface area contributed by atoms with Crippen LogP contribution in [-0.2, 0) is 4.74 Å². The maximum Gasteiger partial charge on any atom is 0.407 e. The summed E-state index contributed by atoms with van der Waals surface area (Å²) in [7, 11) is 3.23. The number of imidazole rings is 1. The number of benzene rings is 1. The number of amides is 1. The Balaban J connectivity index is 1.53. The summed E-state index contributed by atoms with van der Waals surface area (Å²) in [6.45, 7) is 7.01. The van der Waals surface area contributed by atoms with Crippen LogP contribution in [0.3, 0.4) is 0 Å². The molecule has 0 saturated carbocycles. The van der Waals surface area contributed by atoms with Gasteiger partial charge in [-0.2, -0.15) is 4.98 Å². The SMILES string of the molecule is COc1cc(OC)c(-c2cn3ccc(N4CCC(NC(=O)OC(C)(C)C)C4)nc3n2)cc1Br. The van der Waals surface area contributed by atoms with Crippen LogP contribution in [0, 0.1) is 0 Å². The molecule has 1 amide bonds. The molecule has 1 aliphatic rings. The number of carbonyl (C=O) groups excluding carboxylic acids is 1. The first-order valence-electron chi connectivity index (χ1n) is 10.7. The van der Waals surface area contributed by atoms with Crippen LogP contribution in [-0.4, -0.2) is 59.4 Å². The van der Waals surface area contributed by atoms with Gasteiger partial charge >= 0.3 is 6.09 Å². The molecule has 0 spiro atoms. The van der Waals surface area contributed by atoms with Crippen molar-refractivity contribution in [2.24, 2.45) is 0 Å². The number of ether oxygens (including phenoxy) is 3. The number of nitrogens with one attached hydrogen (secondary N) is 1. The lowest BCUT2D eigenvalue weighted by molar-refractivity contribution is 0.0509. The minimum Gasteiger partial charge on any atom is -0.496 e. The van der Waals surface area contributed by atoms with E-state index in [-0.39, 0.29) is 6.04 Å². The lowest BCUT2D eigenvalue weighted by Gasteiger charge is -2.22. The van der Waals surface area contributed by atoms with Crippen LogP contribution in [0.1, 0.15) is 27.2 Å². The van der Waals surface area contributed by atoms with Crippen LogP contribution >= 0.6 is 15.9 Å². The molecule has 1 saturated heterocycles. The minimum atomic E-state index is -0.518. The van der Waals surface area contributed by atoms with Gasteiger partial charge in [-0.05, 0) is 55.3 Å². The van der Waals surface area contributed by atoms with Gasteiger partial charge < -0.3 is 24.4 Å². The maximum absolute atomic E-state index is 12.1. The summed E-state index contributed by atoms with van der Waals surface area (Å²) < 4.78 is 19.0. The van der Waals surface area contributed by atoms with Gasteiger partial charge in [0.2, 0.25) is 5.78 Å². The number of fused-ring (bicyclic) bond motifs is 1. The smallest absolute Gasteiger partial charge is 0.407 e. The fourth-order valence-electron chi connectivity index (χ4n) is 3.79. The lowest BCUT2D eigenvalue weighted by atomic mass is 10.1. The van der Waals surface area contributed by atoms with E-state index in [0.29, 0.717) is 23.8 Å². The molecule has 0 radical (unpaired) electrons. The highest BCUT2D eigenvalue weighted by molar-refractivity contribution is 9.10. The molecule has 1 N–H and O–H groups in total. The van der Waals surface area contributed by atoms with Crippen molar-refractivity contribution in [3.8, 4) is 22.8 Å². The Labute approximate surface area is 201 Å². The van der Waals surface area contributed by atoms with Crippen LogP contribution < -0.4 is 19.7 Å². The van der Waals surface area contributed by atoms with Crippen molar-refractivity contribution in [1.29, 1.82) is 0 Å². The molecule has 10 heteroatoms. The van der Waals surface area contributed by atoms with Crippen LogP contribution in [0.25, 0.3) is 17.0 Å². The van der Waals surface area contributed by atoms with E-state index in [9.17, 15) is 4.79 Å². The molecule has 9 nitrogen and oxygen atoms in total. The molecule has 1 aliphatic heterocycles. The number of methoxy groups -OCH3 is 2. The zero-order valence-electron chi connectivity index (χ0n) is 19.4. The molecule has 2 aromatic heterocycles. The normalized spacial score (nSPS) is 16.2. The average Bonchev–Trinajstić information content (AvgIpc) is 3.38. The summed E-state index contributed by atoms with van der Waals surface area (Å²) in [5.74, 6) is 2.74. The first-order chi connectivity index (χ1) is 15.7. The number of hydrogen-bond acceptors (Lipinski definition) is 7. The monoisotopic (exact) mass is 517 g/mol. The molecule has 0 bridgehead atoms. The number of carbonyl (C=O) groups is 1. The topological polar surface area (TPSA) is 90.2 Å². The summed E-state index contributed by atoms with van der Waals surface area (Å²) in [5, 5.41) is 2.95.